The molecule has 0 bridgehead atoms. The minimum absolute atomic E-state index is 0.472. The Morgan fingerprint density at radius 2 is 1.83 bits per heavy atom. The minimum Gasteiger partial charge on any atom is -0.353 e. The van der Waals surface area contributed by atoms with Crippen LogP contribution < -0.4 is 10.2 Å². The SMILES string of the molecule is Cc1cc(N2CCN(C=O)CC2)nc(Nc2ccc(Cl)c(Cl)c2)n1. The second-order valence-electron chi connectivity index (χ2n) is 5.57. The molecule has 1 aliphatic heterocycles. The van der Waals surface area contributed by atoms with E-state index >= 15 is 0 Å². The molecule has 1 aromatic carbocycles. The highest BCUT2D eigenvalue weighted by Crippen LogP contribution is 2.27. The number of hydrogen-bond donors (Lipinski definition) is 1. The number of benzene rings is 1. The number of aryl methyl sites for hydroxylation is 1. The maximum atomic E-state index is 10.8. The summed E-state index contributed by atoms with van der Waals surface area (Å²) < 4.78 is 0. The number of anilines is 3. The second-order valence-corrected chi connectivity index (χ2v) is 6.39. The average molecular weight is 366 g/mol. The smallest absolute Gasteiger partial charge is 0.229 e. The number of aromatic nitrogens is 2. The largest absolute Gasteiger partial charge is 0.353 e. The summed E-state index contributed by atoms with van der Waals surface area (Å²) in [6.45, 7) is 4.82. The van der Waals surface area contributed by atoms with E-state index in [1.165, 1.54) is 0 Å². The van der Waals surface area contributed by atoms with Gasteiger partial charge in [-0.05, 0) is 25.1 Å². The third kappa shape index (κ3) is 3.88. The van der Waals surface area contributed by atoms with Crippen molar-refractivity contribution in [1.82, 2.24) is 14.9 Å². The summed E-state index contributed by atoms with van der Waals surface area (Å²) in [5.74, 6) is 1.34. The van der Waals surface area contributed by atoms with Crippen LogP contribution >= 0.6 is 23.2 Å². The molecule has 1 fully saturated rings. The van der Waals surface area contributed by atoms with Crippen LogP contribution in [0, 0.1) is 6.92 Å². The minimum atomic E-state index is 0.472. The first-order valence-electron chi connectivity index (χ1n) is 7.57. The van der Waals surface area contributed by atoms with E-state index in [1.807, 2.05) is 19.1 Å². The fourth-order valence-electron chi connectivity index (χ4n) is 2.53. The van der Waals surface area contributed by atoms with E-state index < -0.39 is 0 Å². The molecular formula is C16H17Cl2N5O. The molecule has 1 aromatic heterocycles. The molecule has 0 spiro atoms. The van der Waals surface area contributed by atoms with Gasteiger partial charge < -0.3 is 15.1 Å². The average Bonchev–Trinajstić information content (AvgIpc) is 2.58. The Labute approximate surface area is 150 Å². The Hall–Kier alpha value is -2.05. The lowest BCUT2D eigenvalue weighted by Gasteiger charge is -2.33. The third-order valence-electron chi connectivity index (χ3n) is 3.80. The number of hydrogen-bond acceptors (Lipinski definition) is 5. The van der Waals surface area contributed by atoms with Crippen molar-refractivity contribution in [3.05, 3.63) is 40.0 Å². The van der Waals surface area contributed by atoms with Gasteiger partial charge in [-0.25, -0.2) is 4.98 Å². The van der Waals surface area contributed by atoms with Crippen molar-refractivity contribution in [2.75, 3.05) is 36.4 Å². The molecule has 0 unspecified atom stereocenters. The highest BCUT2D eigenvalue weighted by Gasteiger charge is 2.17. The molecule has 1 aliphatic rings. The molecule has 2 aromatic rings. The van der Waals surface area contributed by atoms with E-state index in [0.717, 1.165) is 36.7 Å². The zero-order valence-corrected chi connectivity index (χ0v) is 14.7. The zero-order chi connectivity index (χ0) is 17.1. The third-order valence-corrected chi connectivity index (χ3v) is 4.54. The zero-order valence-electron chi connectivity index (χ0n) is 13.2. The lowest BCUT2D eigenvalue weighted by Crippen LogP contribution is -2.46. The van der Waals surface area contributed by atoms with Crippen molar-refractivity contribution in [1.29, 1.82) is 0 Å². The van der Waals surface area contributed by atoms with Crippen LogP contribution in [0.15, 0.2) is 24.3 Å². The maximum absolute atomic E-state index is 10.8. The first-order chi connectivity index (χ1) is 11.5. The summed E-state index contributed by atoms with van der Waals surface area (Å²) in [6.07, 6.45) is 0.889. The Morgan fingerprint density at radius 1 is 1.08 bits per heavy atom. The van der Waals surface area contributed by atoms with Gasteiger partial charge in [0, 0.05) is 43.6 Å². The standard InChI is InChI=1S/C16H17Cl2N5O/c1-11-8-15(23-6-4-22(10-24)5-7-23)21-16(19-11)20-12-2-3-13(17)14(18)9-12/h2-3,8-10H,4-7H2,1H3,(H,19,20,21). The van der Waals surface area contributed by atoms with Crippen LogP contribution in [0.2, 0.25) is 10.0 Å². The van der Waals surface area contributed by atoms with Gasteiger partial charge in [-0.15, -0.1) is 0 Å². The predicted octanol–water partition coefficient (Wildman–Crippen LogP) is 3.11. The second kappa shape index (κ2) is 7.23. The summed E-state index contributed by atoms with van der Waals surface area (Å²) in [5.41, 5.74) is 1.63. The van der Waals surface area contributed by atoms with Crippen molar-refractivity contribution in [2.45, 2.75) is 6.92 Å². The highest BCUT2D eigenvalue weighted by molar-refractivity contribution is 6.42. The van der Waals surface area contributed by atoms with Gasteiger partial charge in [0.25, 0.3) is 0 Å². The van der Waals surface area contributed by atoms with E-state index in [-0.39, 0.29) is 0 Å². The molecule has 0 aliphatic carbocycles. The molecule has 2 heterocycles. The molecule has 1 amide bonds. The van der Waals surface area contributed by atoms with Gasteiger partial charge in [0.2, 0.25) is 12.4 Å². The first-order valence-corrected chi connectivity index (χ1v) is 8.33. The molecule has 1 N–H and O–H groups in total. The Bertz CT molecular complexity index is 747. The van der Waals surface area contributed by atoms with Crippen LogP contribution in [0.4, 0.5) is 17.5 Å². The number of rotatable bonds is 4. The van der Waals surface area contributed by atoms with E-state index in [0.29, 0.717) is 29.1 Å². The van der Waals surface area contributed by atoms with Crippen LogP contribution in [-0.2, 0) is 4.79 Å². The topological polar surface area (TPSA) is 61.4 Å². The molecule has 24 heavy (non-hydrogen) atoms. The molecule has 3 rings (SSSR count). The van der Waals surface area contributed by atoms with Crippen LogP contribution in [0.1, 0.15) is 5.69 Å². The fourth-order valence-corrected chi connectivity index (χ4v) is 2.83. The molecule has 8 heteroatoms. The van der Waals surface area contributed by atoms with Crippen molar-refractivity contribution in [3.63, 3.8) is 0 Å². The summed E-state index contributed by atoms with van der Waals surface area (Å²) in [7, 11) is 0. The van der Waals surface area contributed by atoms with Crippen LogP contribution in [-0.4, -0.2) is 47.5 Å². The van der Waals surface area contributed by atoms with Gasteiger partial charge in [0.05, 0.1) is 10.0 Å². The molecule has 0 radical (unpaired) electrons. The van der Waals surface area contributed by atoms with Crippen molar-refractivity contribution in [2.24, 2.45) is 0 Å². The van der Waals surface area contributed by atoms with Gasteiger partial charge in [-0.1, -0.05) is 23.2 Å². The fraction of sp³-hybridized carbons (Fsp3) is 0.312. The Kier molecular flexibility index (Phi) is 5.06. The number of nitrogens with zero attached hydrogens (tertiary/aromatic N) is 4. The maximum Gasteiger partial charge on any atom is 0.229 e. The van der Waals surface area contributed by atoms with E-state index in [1.54, 1.807) is 17.0 Å². The number of carbonyl (C=O) groups is 1. The van der Waals surface area contributed by atoms with Crippen LogP contribution in [0.5, 0.6) is 0 Å². The van der Waals surface area contributed by atoms with Gasteiger partial charge in [0.1, 0.15) is 5.82 Å². The molecule has 6 nitrogen and oxygen atoms in total. The lowest BCUT2D eigenvalue weighted by atomic mass is 10.3. The van der Waals surface area contributed by atoms with Crippen LogP contribution in [0.25, 0.3) is 0 Å². The molecule has 1 saturated heterocycles. The number of nitrogens with one attached hydrogen (secondary N) is 1. The van der Waals surface area contributed by atoms with E-state index in [2.05, 4.69) is 20.2 Å². The number of amides is 1. The predicted molar refractivity (Wildman–Crippen MR) is 96.4 cm³/mol. The summed E-state index contributed by atoms with van der Waals surface area (Å²) >= 11 is 12.0. The van der Waals surface area contributed by atoms with Crippen LogP contribution in [0.3, 0.4) is 0 Å². The molecular weight excluding hydrogens is 349 g/mol. The Balaban J connectivity index is 1.78. The number of carbonyl (C=O) groups excluding carboxylic acids is 1. The highest BCUT2D eigenvalue weighted by atomic mass is 35.5. The number of piperazine rings is 1. The lowest BCUT2D eigenvalue weighted by molar-refractivity contribution is -0.118. The summed E-state index contributed by atoms with van der Waals surface area (Å²) in [6, 6.07) is 7.22. The van der Waals surface area contributed by atoms with Gasteiger partial charge >= 0.3 is 0 Å². The summed E-state index contributed by atoms with van der Waals surface area (Å²) in [4.78, 5) is 23.7. The summed E-state index contributed by atoms with van der Waals surface area (Å²) in [5, 5.41) is 4.13. The van der Waals surface area contributed by atoms with Crippen molar-refractivity contribution < 1.29 is 4.79 Å². The molecule has 126 valence electrons. The van der Waals surface area contributed by atoms with Crippen molar-refractivity contribution >= 4 is 47.1 Å². The first kappa shape index (κ1) is 16.8. The van der Waals surface area contributed by atoms with Crippen molar-refractivity contribution in [3.8, 4) is 0 Å². The molecule has 0 atom stereocenters. The van der Waals surface area contributed by atoms with Gasteiger partial charge in [0.15, 0.2) is 0 Å². The van der Waals surface area contributed by atoms with Gasteiger partial charge in [-0.2, -0.15) is 4.98 Å². The number of halogens is 2. The van der Waals surface area contributed by atoms with E-state index in [4.69, 9.17) is 23.2 Å². The van der Waals surface area contributed by atoms with E-state index in [9.17, 15) is 4.79 Å². The quantitative estimate of drug-likeness (QED) is 0.843. The van der Waals surface area contributed by atoms with Gasteiger partial charge in [-0.3, -0.25) is 4.79 Å². The monoisotopic (exact) mass is 365 g/mol. The molecule has 0 saturated carbocycles. The Morgan fingerprint density at radius 3 is 2.50 bits per heavy atom. The normalized spacial score (nSPS) is 14.6.